The van der Waals surface area contributed by atoms with Crippen molar-refractivity contribution in [3.8, 4) is 0 Å². The van der Waals surface area contributed by atoms with Crippen LogP contribution >= 0.6 is 22.9 Å². The number of carbonyl (C=O) groups excluding carboxylic acids is 1. The SMILES string of the molecule is COCCOC(=O)c1sc2nc(Cl)nc(N3CC(C)CC(C)C3)c2c1C. The smallest absolute Gasteiger partial charge is 0.348 e. The van der Waals surface area contributed by atoms with E-state index in [2.05, 4.69) is 28.7 Å². The fourth-order valence-electron chi connectivity index (χ4n) is 3.64. The molecule has 0 N–H and O–H groups in total. The number of piperidine rings is 1. The maximum atomic E-state index is 12.4. The molecule has 0 bridgehead atoms. The predicted molar refractivity (Wildman–Crippen MR) is 104 cm³/mol. The van der Waals surface area contributed by atoms with Gasteiger partial charge in [0, 0.05) is 20.2 Å². The number of fused-ring (bicyclic) bond motifs is 1. The third-order valence-electron chi connectivity index (χ3n) is 4.62. The van der Waals surface area contributed by atoms with Gasteiger partial charge in [-0.3, -0.25) is 0 Å². The van der Waals surface area contributed by atoms with E-state index in [1.54, 1.807) is 7.11 Å². The summed E-state index contributed by atoms with van der Waals surface area (Å²) in [6.45, 7) is 8.87. The number of hydrogen-bond donors (Lipinski definition) is 0. The van der Waals surface area contributed by atoms with Crippen molar-refractivity contribution in [1.29, 1.82) is 0 Å². The van der Waals surface area contributed by atoms with Gasteiger partial charge in [0.05, 0.1) is 12.0 Å². The van der Waals surface area contributed by atoms with Crippen molar-refractivity contribution in [3.63, 3.8) is 0 Å². The zero-order chi connectivity index (χ0) is 18.8. The highest BCUT2D eigenvalue weighted by Gasteiger charge is 2.28. The molecule has 0 aliphatic carbocycles. The van der Waals surface area contributed by atoms with Crippen LogP contribution in [0.15, 0.2) is 0 Å². The molecule has 2 atom stereocenters. The van der Waals surface area contributed by atoms with Gasteiger partial charge in [-0.2, -0.15) is 4.98 Å². The molecule has 0 aromatic carbocycles. The Labute approximate surface area is 162 Å². The van der Waals surface area contributed by atoms with Crippen molar-refractivity contribution in [1.82, 2.24) is 9.97 Å². The number of nitrogens with zero attached hydrogens (tertiary/aromatic N) is 3. The molecule has 3 rings (SSSR count). The van der Waals surface area contributed by atoms with E-state index in [9.17, 15) is 4.79 Å². The quantitative estimate of drug-likeness (QED) is 0.432. The summed E-state index contributed by atoms with van der Waals surface area (Å²) in [7, 11) is 1.57. The van der Waals surface area contributed by atoms with Crippen LogP contribution in [-0.4, -0.2) is 49.4 Å². The summed E-state index contributed by atoms with van der Waals surface area (Å²) in [6, 6.07) is 0. The number of aromatic nitrogens is 2. The highest BCUT2D eigenvalue weighted by atomic mass is 35.5. The summed E-state index contributed by atoms with van der Waals surface area (Å²) < 4.78 is 10.2. The van der Waals surface area contributed by atoms with E-state index in [1.807, 2.05) is 6.92 Å². The van der Waals surface area contributed by atoms with E-state index in [0.717, 1.165) is 34.7 Å². The molecule has 1 aliphatic rings. The first kappa shape index (κ1) is 19.3. The highest BCUT2D eigenvalue weighted by Crippen LogP contribution is 2.38. The van der Waals surface area contributed by atoms with E-state index in [1.165, 1.54) is 17.8 Å². The van der Waals surface area contributed by atoms with Gasteiger partial charge in [-0.05, 0) is 42.3 Å². The molecule has 1 aliphatic heterocycles. The molecule has 8 heteroatoms. The number of anilines is 1. The van der Waals surface area contributed by atoms with Crippen LogP contribution in [0.2, 0.25) is 5.28 Å². The minimum absolute atomic E-state index is 0.207. The molecule has 0 spiro atoms. The molecule has 2 aromatic rings. The number of ether oxygens (including phenoxy) is 2. The Hall–Kier alpha value is -1.44. The normalized spacial score (nSPS) is 20.6. The number of thiophene rings is 1. The van der Waals surface area contributed by atoms with Crippen molar-refractivity contribution in [2.24, 2.45) is 11.8 Å². The summed E-state index contributed by atoms with van der Waals surface area (Å²) in [5.41, 5.74) is 0.852. The molecule has 142 valence electrons. The lowest BCUT2D eigenvalue weighted by molar-refractivity contribution is 0.0393. The van der Waals surface area contributed by atoms with Gasteiger partial charge in [0.15, 0.2) is 0 Å². The maximum Gasteiger partial charge on any atom is 0.348 e. The number of carbonyl (C=O) groups is 1. The first-order chi connectivity index (χ1) is 12.4. The van der Waals surface area contributed by atoms with E-state index in [0.29, 0.717) is 23.3 Å². The Morgan fingerprint density at radius 3 is 2.62 bits per heavy atom. The van der Waals surface area contributed by atoms with Crippen LogP contribution in [0.1, 0.15) is 35.5 Å². The number of aryl methyl sites for hydroxylation is 1. The number of esters is 1. The average Bonchev–Trinajstić information content (AvgIpc) is 2.90. The fourth-order valence-corrected chi connectivity index (χ4v) is 4.92. The molecule has 1 fully saturated rings. The first-order valence-electron chi connectivity index (χ1n) is 8.78. The fraction of sp³-hybridized carbons (Fsp3) is 0.611. The summed E-state index contributed by atoms with van der Waals surface area (Å²) in [6.07, 6.45) is 1.21. The van der Waals surface area contributed by atoms with Gasteiger partial charge in [-0.25, -0.2) is 9.78 Å². The van der Waals surface area contributed by atoms with Gasteiger partial charge >= 0.3 is 5.97 Å². The minimum atomic E-state index is -0.356. The largest absolute Gasteiger partial charge is 0.459 e. The first-order valence-corrected chi connectivity index (χ1v) is 9.97. The molecule has 0 saturated carbocycles. The summed E-state index contributed by atoms with van der Waals surface area (Å²) in [4.78, 5) is 24.8. The Bertz CT molecular complexity index is 801. The van der Waals surface area contributed by atoms with Crippen molar-refractivity contribution in [3.05, 3.63) is 15.7 Å². The topological polar surface area (TPSA) is 64.5 Å². The molecule has 0 amide bonds. The lowest BCUT2D eigenvalue weighted by Crippen LogP contribution is -2.39. The van der Waals surface area contributed by atoms with Crippen LogP contribution in [0.3, 0.4) is 0 Å². The van der Waals surface area contributed by atoms with Gasteiger partial charge in [0.1, 0.15) is 22.1 Å². The van der Waals surface area contributed by atoms with Crippen molar-refractivity contribution < 1.29 is 14.3 Å². The standard InChI is InChI=1S/C18H24ClN3O3S/c1-10-7-11(2)9-22(8-10)15-13-12(3)14(17(23)25-6-5-24-4)26-16(13)21-18(19)20-15/h10-11H,5-9H2,1-4H3. The average molecular weight is 398 g/mol. The van der Waals surface area contributed by atoms with Crippen LogP contribution in [0, 0.1) is 18.8 Å². The number of hydrogen-bond acceptors (Lipinski definition) is 7. The predicted octanol–water partition coefficient (Wildman–Crippen LogP) is 3.94. The number of halogens is 1. The molecule has 1 saturated heterocycles. The van der Waals surface area contributed by atoms with E-state index < -0.39 is 0 Å². The Kier molecular flexibility index (Phi) is 5.99. The second-order valence-corrected chi connectivity index (χ2v) is 8.37. The Balaban J connectivity index is 2.00. The lowest BCUT2D eigenvalue weighted by Gasteiger charge is -2.36. The maximum absolute atomic E-state index is 12.4. The molecule has 2 aromatic heterocycles. The van der Waals surface area contributed by atoms with Crippen molar-refractivity contribution >= 4 is 44.9 Å². The molecule has 0 radical (unpaired) electrons. The minimum Gasteiger partial charge on any atom is -0.459 e. The van der Waals surface area contributed by atoms with Crippen molar-refractivity contribution in [2.45, 2.75) is 27.2 Å². The summed E-state index contributed by atoms with van der Waals surface area (Å²) in [5, 5.41) is 1.11. The number of rotatable bonds is 5. The zero-order valence-corrected chi connectivity index (χ0v) is 17.1. The van der Waals surface area contributed by atoms with Gasteiger partial charge in [0.2, 0.25) is 5.28 Å². The summed E-state index contributed by atoms with van der Waals surface area (Å²) in [5.74, 6) is 1.63. The zero-order valence-electron chi connectivity index (χ0n) is 15.5. The molecule has 3 heterocycles. The molecule has 26 heavy (non-hydrogen) atoms. The molecule has 6 nitrogen and oxygen atoms in total. The van der Waals surface area contributed by atoms with Crippen LogP contribution in [0.25, 0.3) is 10.2 Å². The summed E-state index contributed by atoms with van der Waals surface area (Å²) >= 11 is 7.49. The lowest BCUT2D eigenvalue weighted by atomic mass is 9.92. The van der Waals surface area contributed by atoms with E-state index >= 15 is 0 Å². The third kappa shape index (κ3) is 3.94. The Morgan fingerprint density at radius 1 is 1.27 bits per heavy atom. The Morgan fingerprint density at radius 2 is 1.96 bits per heavy atom. The number of methoxy groups -OCH3 is 1. The third-order valence-corrected chi connectivity index (χ3v) is 5.95. The second kappa shape index (κ2) is 8.06. The van der Waals surface area contributed by atoms with Gasteiger partial charge in [-0.15, -0.1) is 11.3 Å². The van der Waals surface area contributed by atoms with Crippen LogP contribution in [0.5, 0.6) is 0 Å². The molecular formula is C18H24ClN3O3S. The second-order valence-electron chi connectivity index (χ2n) is 7.03. The van der Waals surface area contributed by atoms with Crippen LogP contribution < -0.4 is 4.90 Å². The van der Waals surface area contributed by atoms with Gasteiger partial charge < -0.3 is 14.4 Å². The van der Waals surface area contributed by atoms with Gasteiger partial charge in [0.25, 0.3) is 0 Å². The van der Waals surface area contributed by atoms with Crippen LogP contribution in [-0.2, 0) is 9.47 Å². The van der Waals surface area contributed by atoms with Crippen LogP contribution in [0.4, 0.5) is 5.82 Å². The van der Waals surface area contributed by atoms with Gasteiger partial charge in [-0.1, -0.05) is 13.8 Å². The monoisotopic (exact) mass is 397 g/mol. The van der Waals surface area contributed by atoms with E-state index in [4.69, 9.17) is 21.1 Å². The molecule has 2 unspecified atom stereocenters. The molecular weight excluding hydrogens is 374 g/mol. The highest BCUT2D eigenvalue weighted by molar-refractivity contribution is 7.20. The van der Waals surface area contributed by atoms with Crippen molar-refractivity contribution in [2.75, 3.05) is 38.3 Å². The van der Waals surface area contributed by atoms with E-state index in [-0.39, 0.29) is 17.9 Å².